The Morgan fingerprint density at radius 2 is 1.94 bits per heavy atom. The first-order valence-corrected chi connectivity index (χ1v) is 9.86. The van der Waals surface area contributed by atoms with Crippen molar-refractivity contribution in [3.05, 3.63) is 81.1 Å². The molecule has 4 rings (SSSR count). The average Bonchev–Trinajstić information content (AvgIpc) is 3.52. The number of rotatable bonds is 7. The van der Waals surface area contributed by atoms with E-state index in [1.807, 2.05) is 30.3 Å². The number of ether oxygens (including phenoxy) is 1. The number of amides is 1. The van der Waals surface area contributed by atoms with Gasteiger partial charge in [-0.15, -0.1) is 0 Å². The van der Waals surface area contributed by atoms with Crippen LogP contribution in [0.5, 0.6) is 0 Å². The lowest BCUT2D eigenvalue weighted by atomic mass is 10.2. The van der Waals surface area contributed by atoms with Crippen LogP contribution in [0.4, 0.5) is 11.4 Å². The van der Waals surface area contributed by atoms with Crippen LogP contribution in [0.1, 0.15) is 34.9 Å². The van der Waals surface area contributed by atoms with Crippen molar-refractivity contribution in [2.24, 2.45) is 0 Å². The van der Waals surface area contributed by atoms with Crippen LogP contribution in [0, 0.1) is 10.1 Å². The summed E-state index contributed by atoms with van der Waals surface area (Å²) in [5.41, 5.74) is 1.58. The topological polar surface area (TPSA) is 116 Å². The summed E-state index contributed by atoms with van der Waals surface area (Å²) in [5.74, 6) is -1.00. The lowest BCUT2D eigenvalue weighted by molar-refractivity contribution is -0.384. The zero-order chi connectivity index (χ0) is 22.0. The van der Waals surface area contributed by atoms with Gasteiger partial charge in [-0.25, -0.2) is 9.48 Å². The first-order valence-electron chi connectivity index (χ1n) is 9.48. The van der Waals surface area contributed by atoms with E-state index in [0.717, 1.165) is 24.6 Å². The van der Waals surface area contributed by atoms with Crippen LogP contribution in [0.25, 0.3) is 5.69 Å². The van der Waals surface area contributed by atoms with Gasteiger partial charge in [-0.2, -0.15) is 5.10 Å². The molecular weight excluding hydrogens is 424 g/mol. The van der Waals surface area contributed by atoms with Gasteiger partial charge in [-0.3, -0.25) is 14.9 Å². The molecule has 31 heavy (non-hydrogen) atoms. The summed E-state index contributed by atoms with van der Waals surface area (Å²) in [6.07, 6.45) is 2.05. The van der Waals surface area contributed by atoms with Crippen molar-refractivity contribution < 1.29 is 19.2 Å². The van der Waals surface area contributed by atoms with E-state index in [-0.39, 0.29) is 22.1 Å². The Balaban J connectivity index is 1.45. The van der Waals surface area contributed by atoms with Crippen molar-refractivity contribution in [2.45, 2.75) is 18.8 Å². The largest absolute Gasteiger partial charge is 0.451 e. The molecule has 3 aromatic rings. The summed E-state index contributed by atoms with van der Waals surface area (Å²) < 4.78 is 6.68. The number of nitro benzene ring substituents is 1. The Labute approximate surface area is 181 Å². The molecule has 10 heteroatoms. The minimum atomic E-state index is -0.694. The molecule has 0 radical (unpaired) electrons. The predicted molar refractivity (Wildman–Crippen MR) is 113 cm³/mol. The molecule has 1 aliphatic carbocycles. The van der Waals surface area contributed by atoms with Gasteiger partial charge in [0.25, 0.3) is 11.6 Å². The van der Waals surface area contributed by atoms with Crippen molar-refractivity contribution in [2.75, 3.05) is 11.9 Å². The van der Waals surface area contributed by atoms with Crippen LogP contribution in [-0.4, -0.2) is 33.2 Å². The minimum absolute atomic E-state index is 0.0462. The summed E-state index contributed by atoms with van der Waals surface area (Å²) in [7, 11) is 0. The standard InChI is InChI=1S/C21H17ClN4O5/c22-16-9-8-14(10-18(16)26(29)30)23-20(27)12-31-21(28)19-11-17(13-6-7-13)24-25(19)15-4-2-1-3-5-15/h1-5,8-11,13H,6-7,12H2,(H,23,27). The molecule has 9 nitrogen and oxygen atoms in total. The number of hydrogen-bond acceptors (Lipinski definition) is 6. The van der Waals surface area contributed by atoms with Gasteiger partial charge in [0.2, 0.25) is 0 Å². The summed E-state index contributed by atoms with van der Waals surface area (Å²) in [6.45, 7) is -0.562. The maximum Gasteiger partial charge on any atom is 0.357 e. The second-order valence-electron chi connectivity index (χ2n) is 7.02. The smallest absolute Gasteiger partial charge is 0.357 e. The molecule has 0 aliphatic heterocycles. The molecule has 1 heterocycles. The van der Waals surface area contributed by atoms with Crippen molar-refractivity contribution in [3.63, 3.8) is 0 Å². The van der Waals surface area contributed by atoms with Crippen molar-refractivity contribution >= 4 is 34.9 Å². The van der Waals surface area contributed by atoms with E-state index in [9.17, 15) is 19.7 Å². The van der Waals surface area contributed by atoms with Crippen LogP contribution in [0.2, 0.25) is 5.02 Å². The van der Waals surface area contributed by atoms with Gasteiger partial charge < -0.3 is 10.1 Å². The number of esters is 1. The molecule has 158 valence electrons. The molecule has 0 atom stereocenters. The monoisotopic (exact) mass is 440 g/mol. The molecule has 0 saturated heterocycles. The third kappa shape index (κ3) is 4.72. The van der Waals surface area contributed by atoms with E-state index in [4.69, 9.17) is 16.3 Å². The van der Waals surface area contributed by atoms with E-state index in [1.54, 1.807) is 6.07 Å². The van der Waals surface area contributed by atoms with Crippen LogP contribution in [0.3, 0.4) is 0 Å². The number of carbonyl (C=O) groups excluding carboxylic acids is 2. The highest BCUT2D eigenvalue weighted by Crippen LogP contribution is 2.39. The van der Waals surface area contributed by atoms with Crippen molar-refractivity contribution in [3.8, 4) is 5.69 Å². The van der Waals surface area contributed by atoms with Crippen LogP contribution < -0.4 is 5.32 Å². The molecule has 1 aromatic heterocycles. The third-order valence-corrected chi connectivity index (χ3v) is 5.01. The molecule has 0 bridgehead atoms. The highest BCUT2D eigenvalue weighted by atomic mass is 35.5. The number of aromatic nitrogens is 2. The number of halogens is 1. The van der Waals surface area contributed by atoms with Gasteiger partial charge in [0.15, 0.2) is 12.3 Å². The molecular formula is C21H17ClN4O5. The summed E-state index contributed by atoms with van der Waals surface area (Å²) in [5, 5.41) is 17.9. The number of nitrogens with one attached hydrogen (secondary N) is 1. The van der Waals surface area contributed by atoms with Crippen LogP contribution in [-0.2, 0) is 9.53 Å². The fraction of sp³-hybridized carbons (Fsp3) is 0.190. The maximum absolute atomic E-state index is 12.7. The quantitative estimate of drug-likeness (QED) is 0.336. The summed E-state index contributed by atoms with van der Waals surface area (Å²) >= 11 is 5.76. The Bertz CT molecular complexity index is 1160. The second kappa shape index (κ2) is 8.57. The second-order valence-corrected chi connectivity index (χ2v) is 7.43. The zero-order valence-electron chi connectivity index (χ0n) is 16.2. The molecule has 1 amide bonds. The Morgan fingerprint density at radius 1 is 1.19 bits per heavy atom. The average molecular weight is 441 g/mol. The maximum atomic E-state index is 12.7. The molecule has 2 aromatic carbocycles. The fourth-order valence-corrected chi connectivity index (χ4v) is 3.21. The molecule has 1 fully saturated rings. The molecule has 1 aliphatic rings. The highest BCUT2D eigenvalue weighted by molar-refractivity contribution is 6.32. The van der Waals surface area contributed by atoms with Gasteiger partial charge in [-0.05, 0) is 43.2 Å². The summed E-state index contributed by atoms with van der Waals surface area (Å²) in [4.78, 5) is 35.2. The Morgan fingerprint density at radius 3 is 2.61 bits per heavy atom. The highest BCUT2D eigenvalue weighted by Gasteiger charge is 2.29. The fourth-order valence-electron chi connectivity index (χ4n) is 3.02. The van der Waals surface area contributed by atoms with Gasteiger partial charge in [0.05, 0.1) is 16.3 Å². The van der Waals surface area contributed by atoms with E-state index in [1.165, 1.54) is 16.8 Å². The summed E-state index contributed by atoms with van der Waals surface area (Å²) in [6, 6.07) is 14.7. The predicted octanol–water partition coefficient (Wildman–Crippen LogP) is 4.11. The van der Waals surface area contributed by atoms with E-state index in [2.05, 4.69) is 10.4 Å². The lowest BCUT2D eigenvalue weighted by Crippen LogP contribution is -2.22. The van der Waals surface area contributed by atoms with Gasteiger partial charge in [0, 0.05) is 17.7 Å². The van der Waals surface area contributed by atoms with Crippen LogP contribution >= 0.6 is 11.6 Å². The van der Waals surface area contributed by atoms with E-state index < -0.39 is 23.4 Å². The van der Waals surface area contributed by atoms with Crippen LogP contribution in [0.15, 0.2) is 54.6 Å². The van der Waals surface area contributed by atoms with Gasteiger partial charge in [-0.1, -0.05) is 29.8 Å². The number of benzene rings is 2. The normalized spacial score (nSPS) is 12.9. The van der Waals surface area contributed by atoms with Crippen molar-refractivity contribution in [1.82, 2.24) is 9.78 Å². The Hall–Kier alpha value is -3.72. The first-order chi connectivity index (χ1) is 14.9. The SMILES string of the molecule is O=C(COC(=O)c1cc(C2CC2)nn1-c1ccccc1)Nc1ccc(Cl)c([N+](=O)[O-])c1. The minimum Gasteiger partial charge on any atom is -0.451 e. The number of anilines is 1. The van der Waals surface area contributed by atoms with Gasteiger partial charge >= 0.3 is 5.97 Å². The Kier molecular flexibility index (Phi) is 5.68. The van der Waals surface area contributed by atoms with E-state index >= 15 is 0 Å². The zero-order valence-corrected chi connectivity index (χ0v) is 16.9. The van der Waals surface area contributed by atoms with Crippen molar-refractivity contribution in [1.29, 1.82) is 0 Å². The lowest BCUT2D eigenvalue weighted by Gasteiger charge is -2.09. The number of nitro groups is 1. The molecule has 1 N–H and O–H groups in total. The van der Waals surface area contributed by atoms with E-state index in [0.29, 0.717) is 11.6 Å². The number of hydrogen-bond donors (Lipinski definition) is 1. The molecule has 0 unspecified atom stereocenters. The number of carbonyl (C=O) groups is 2. The molecule has 0 spiro atoms. The molecule has 1 saturated carbocycles. The number of nitrogens with zero attached hydrogens (tertiary/aromatic N) is 3. The number of para-hydroxylation sites is 1. The third-order valence-electron chi connectivity index (χ3n) is 4.69. The first kappa shape index (κ1) is 20.5. The van der Waals surface area contributed by atoms with Gasteiger partial charge in [0.1, 0.15) is 5.02 Å².